The maximum absolute atomic E-state index is 13.0. The summed E-state index contributed by atoms with van der Waals surface area (Å²) in [6.07, 6.45) is 5.65. The SMILES string of the molecule is CCOC(=O)[C@@H]1CCCN(S(=O)(=O)c2ccc3c(c2)CCCC3)C1. The van der Waals surface area contributed by atoms with Crippen molar-refractivity contribution in [1.29, 1.82) is 0 Å². The van der Waals surface area contributed by atoms with E-state index in [1.54, 1.807) is 13.0 Å². The highest BCUT2D eigenvalue weighted by atomic mass is 32.2. The van der Waals surface area contributed by atoms with Gasteiger partial charge in [-0.1, -0.05) is 6.07 Å². The molecule has 0 radical (unpaired) electrons. The molecule has 0 amide bonds. The summed E-state index contributed by atoms with van der Waals surface area (Å²) in [4.78, 5) is 12.3. The van der Waals surface area contributed by atoms with Crippen LogP contribution in [0.5, 0.6) is 0 Å². The molecular weight excluding hydrogens is 326 g/mol. The van der Waals surface area contributed by atoms with Gasteiger partial charge in [0.1, 0.15) is 0 Å². The number of carbonyl (C=O) groups excluding carboxylic acids is 1. The molecule has 0 saturated carbocycles. The van der Waals surface area contributed by atoms with Crippen LogP contribution < -0.4 is 0 Å². The van der Waals surface area contributed by atoms with Gasteiger partial charge < -0.3 is 4.74 Å². The van der Waals surface area contributed by atoms with Crippen molar-refractivity contribution in [2.75, 3.05) is 19.7 Å². The number of fused-ring (bicyclic) bond motifs is 1. The summed E-state index contributed by atoms with van der Waals surface area (Å²) in [5.74, 6) is -0.644. The second-order valence-electron chi connectivity index (χ2n) is 6.59. The third-order valence-electron chi connectivity index (χ3n) is 4.96. The average molecular weight is 351 g/mol. The van der Waals surface area contributed by atoms with Crippen LogP contribution >= 0.6 is 0 Å². The third-order valence-corrected chi connectivity index (χ3v) is 6.82. The van der Waals surface area contributed by atoms with Crippen LogP contribution in [-0.2, 0) is 32.4 Å². The zero-order chi connectivity index (χ0) is 17.2. The van der Waals surface area contributed by atoms with Crippen LogP contribution in [0.2, 0.25) is 0 Å². The van der Waals surface area contributed by atoms with Crippen LogP contribution in [0, 0.1) is 5.92 Å². The molecule has 1 aromatic carbocycles. The molecule has 1 fully saturated rings. The van der Waals surface area contributed by atoms with E-state index >= 15 is 0 Å². The van der Waals surface area contributed by atoms with E-state index in [0.717, 1.165) is 24.8 Å². The van der Waals surface area contributed by atoms with Crippen molar-refractivity contribution in [1.82, 2.24) is 4.31 Å². The smallest absolute Gasteiger partial charge is 0.310 e. The predicted molar refractivity (Wildman–Crippen MR) is 91.2 cm³/mol. The van der Waals surface area contributed by atoms with Crippen LogP contribution in [0.25, 0.3) is 0 Å². The molecule has 0 bridgehead atoms. The number of hydrogen-bond acceptors (Lipinski definition) is 4. The molecule has 0 aromatic heterocycles. The molecule has 0 unspecified atom stereocenters. The molecule has 1 atom stereocenters. The molecule has 6 heteroatoms. The van der Waals surface area contributed by atoms with Gasteiger partial charge in [-0.25, -0.2) is 8.42 Å². The highest BCUT2D eigenvalue weighted by Crippen LogP contribution is 2.28. The Balaban J connectivity index is 1.81. The number of rotatable bonds is 4. The predicted octanol–water partition coefficient (Wildman–Crippen LogP) is 2.53. The van der Waals surface area contributed by atoms with Crippen molar-refractivity contribution in [2.45, 2.75) is 50.3 Å². The second-order valence-corrected chi connectivity index (χ2v) is 8.53. The van der Waals surface area contributed by atoms with Crippen LogP contribution in [0.15, 0.2) is 23.1 Å². The second kappa shape index (κ2) is 7.23. The molecule has 1 saturated heterocycles. The molecule has 1 heterocycles. The minimum absolute atomic E-state index is 0.220. The Morgan fingerprint density at radius 3 is 2.71 bits per heavy atom. The van der Waals surface area contributed by atoms with Crippen molar-refractivity contribution in [3.8, 4) is 0 Å². The summed E-state index contributed by atoms with van der Waals surface area (Å²) in [5, 5.41) is 0. The van der Waals surface area contributed by atoms with E-state index in [1.807, 2.05) is 12.1 Å². The number of carbonyl (C=O) groups is 1. The van der Waals surface area contributed by atoms with Gasteiger partial charge in [0.15, 0.2) is 0 Å². The zero-order valence-electron chi connectivity index (χ0n) is 14.2. The lowest BCUT2D eigenvalue weighted by Crippen LogP contribution is -2.42. The zero-order valence-corrected chi connectivity index (χ0v) is 15.0. The van der Waals surface area contributed by atoms with Gasteiger partial charge in [0.05, 0.1) is 17.4 Å². The molecule has 1 aromatic rings. The number of ether oxygens (including phenoxy) is 1. The standard InChI is InChI=1S/C18H25NO4S/c1-2-23-18(20)16-8-5-11-19(13-16)24(21,22)17-10-9-14-6-3-4-7-15(14)12-17/h9-10,12,16H,2-8,11,13H2,1H3/t16-/m1/s1. The highest BCUT2D eigenvalue weighted by molar-refractivity contribution is 7.89. The molecule has 5 nitrogen and oxygen atoms in total. The van der Waals surface area contributed by atoms with E-state index < -0.39 is 10.0 Å². The van der Waals surface area contributed by atoms with E-state index in [1.165, 1.54) is 16.3 Å². The largest absolute Gasteiger partial charge is 0.466 e. The molecule has 3 rings (SSSR count). The van der Waals surface area contributed by atoms with E-state index in [-0.39, 0.29) is 18.4 Å². The lowest BCUT2D eigenvalue weighted by atomic mass is 9.92. The van der Waals surface area contributed by atoms with Crippen molar-refractivity contribution in [3.05, 3.63) is 29.3 Å². The van der Waals surface area contributed by atoms with Gasteiger partial charge in [-0.2, -0.15) is 4.31 Å². The molecule has 24 heavy (non-hydrogen) atoms. The molecule has 1 aliphatic heterocycles. The summed E-state index contributed by atoms with van der Waals surface area (Å²) >= 11 is 0. The van der Waals surface area contributed by atoms with Crippen molar-refractivity contribution >= 4 is 16.0 Å². The van der Waals surface area contributed by atoms with Crippen LogP contribution in [0.1, 0.15) is 43.7 Å². The number of benzene rings is 1. The Labute approximate surface area is 144 Å². The van der Waals surface area contributed by atoms with Crippen molar-refractivity contribution in [3.63, 3.8) is 0 Å². The minimum atomic E-state index is -3.55. The number of hydrogen-bond donors (Lipinski definition) is 0. The first-order valence-electron chi connectivity index (χ1n) is 8.81. The van der Waals surface area contributed by atoms with E-state index in [2.05, 4.69) is 0 Å². The first-order valence-corrected chi connectivity index (χ1v) is 10.2. The topological polar surface area (TPSA) is 63.7 Å². The van der Waals surface area contributed by atoms with Crippen LogP contribution in [0.4, 0.5) is 0 Å². The summed E-state index contributed by atoms with van der Waals surface area (Å²) in [6, 6.07) is 5.50. The third kappa shape index (κ3) is 3.49. The summed E-state index contributed by atoms with van der Waals surface area (Å²) < 4.78 is 32.5. The molecule has 0 spiro atoms. The Kier molecular flexibility index (Phi) is 5.25. The van der Waals surface area contributed by atoms with Gasteiger partial charge >= 0.3 is 5.97 Å². The fraction of sp³-hybridized carbons (Fsp3) is 0.611. The summed E-state index contributed by atoms with van der Waals surface area (Å²) in [5.41, 5.74) is 2.42. The average Bonchev–Trinajstić information content (AvgIpc) is 2.61. The first-order chi connectivity index (χ1) is 11.5. The van der Waals surface area contributed by atoms with E-state index in [9.17, 15) is 13.2 Å². The van der Waals surface area contributed by atoms with Gasteiger partial charge in [0.25, 0.3) is 0 Å². The molecule has 1 aliphatic carbocycles. The Bertz CT molecular complexity index is 714. The lowest BCUT2D eigenvalue weighted by molar-refractivity contribution is -0.149. The number of esters is 1. The number of aryl methyl sites for hydroxylation is 2. The van der Waals surface area contributed by atoms with Crippen LogP contribution in [0.3, 0.4) is 0 Å². The number of piperidine rings is 1. The maximum Gasteiger partial charge on any atom is 0.310 e. The van der Waals surface area contributed by atoms with Crippen LogP contribution in [-0.4, -0.2) is 38.4 Å². The summed E-state index contributed by atoms with van der Waals surface area (Å²) in [7, 11) is -3.55. The fourth-order valence-corrected chi connectivity index (χ4v) is 5.21. The lowest BCUT2D eigenvalue weighted by Gasteiger charge is -2.31. The highest BCUT2D eigenvalue weighted by Gasteiger charge is 2.34. The van der Waals surface area contributed by atoms with Crippen molar-refractivity contribution < 1.29 is 17.9 Å². The van der Waals surface area contributed by atoms with Gasteiger partial charge in [0, 0.05) is 13.1 Å². The number of nitrogens with zero attached hydrogens (tertiary/aromatic N) is 1. The van der Waals surface area contributed by atoms with Gasteiger partial charge in [-0.15, -0.1) is 0 Å². The van der Waals surface area contributed by atoms with Crippen molar-refractivity contribution in [2.24, 2.45) is 5.92 Å². The maximum atomic E-state index is 13.0. The van der Waals surface area contributed by atoms with Gasteiger partial charge in [0.2, 0.25) is 10.0 Å². The fourth-order valence-electron chi connectivity index (χ4n) is 3.63. The molecule has 0 N–H and O–H groups in total. The Morgan fingerprint density at radius 1 is 1.21 bits per heavy atom. The monoisotopic (exact) mass is 351 g/mol. The molecular formula is C18H25NO4S. The van der Waals surface area contributed by atoms with E-state index in [0.29, 0.717) is 30.9 Å². The Hall–Kier alpha value is -1.40. The molecule has 2 aliphatic rings. The first kappa shape index (κ1) is 17.4. The Morgan fingerprint density at radius 2 is 1.96 bits per heavy atom. The van der Waals surface area contributed by atoms with Gasteiger partial charge in [-0.05, 0) is 68.7 Å². The van der Waals surface area contributed by atoms with Gasteiger partial charge in [-0.3, -0.25) is 4.79 Å². The molecule has 132 valence electrons. The minimum Gasteiger partial charge on any atom is -0.466 e. The number of sulfonamides is 1. The quantitative estimate of drug-likeness (QED) is 0.782. The normalized spacial score (nSPS) is 22.0. The summed E-state index contributed by atoms with van der Waals surface area (Å²) in [6.45, 7) is 2.78. The van der Waals surface area contributed by atoms with E-state index in [4.69, 9.17) is 4.74 Å².